The van der Waals surface area contributed by atoms with Crippen LogP contribution in [-0.4, -0.2) is 41.8 Å². The number of carbonyl (C=O) groups is 2. The standard InChI is InChI=1S/C20H18ClFN4O2S/c1-26(10-18(27)23-16-4-2-3-14(21)9-16)11-19(28)25-20-24-17(12-29-20)13-5-7-15(22)8-6-13/h2-9,12H,10-11H2,1H3,(H,23,27)(H,24,25,28). The van der Waals surface area contributed by atoms with Crippen molar-refractivity contribution in [1.82, 2.24) is 9.88 Å². The number of likely N-dealkylation sites (N-methyl/N-ethyl adjacent to an activating group) is 1. The Kier molecular flexibility index (Phi) is 6.92. The molecule has 2 N–H and O–H groups in total. The summed E-state index contributed by atoms with van der Waals surface area (Å²) in [5.41, 5.74) is 2.01. The topological polar surface area (TPSA) is 74.3 Å². The maximum absolute atomic E-state index is 13.0. The van der Waals surface area contributed by atoms with Crippen molar-refractivity contribution in [2.75, 3.05) is 30.8 Å². The number of nitrogens with zero attached hydrogens (tertiary/aromatic N) is 2. The number of aromatic nitrogens is 1. The Morgan fingerprint density at radius 3 is 2.48 bits per heavy atom. The molecule has 0 radical (unpaired) electrons. The van der Waals surface area contributed by atoms with Crippen LogP contribution in [0.4, 0.5) is 15.2 Å². The molecule has 0 aliphatic heterocycles. The first-order valence-electron chi connectivity index (χ1n) is 8.64. The Morgan fingerprint density at radius 2 is 1.79 bits per heavy atom. The van der Waals surface area contributed by atoms with Gasteiger partial charge in [0.2, 0.25) is 11.8 Å². The van der Waals surface area contributed by atoms with Crippen LogP contribution < -0.4 is 10.6 Å². The number of rotatable bonds is 7. The fourth-order valence-electron chi connectivity index (χ4n) is 2.56. The first kappa shape index (κ1) is 20.9. The quantitative estimate of drug-likeness (QED) is 0.589. The highest BCUT2D eigenvalue weighted by Gasteiger charge is 2.13. The first-order valence-corrected chi connectivity index (χ1v) is 9.90. The third kappa shape index (κ3) is 6.35. The first-order chi connectivity index (χ1) is 13.9. The molecule has 1 heterocycles. The van der Waals surface area contributed by atoms with Crippen molar-refractivity contribution in [3.05, 3.63) is 64.8 Å². The van der Waals surface area contributed by atoms with Gasteiger partial charge in [0.1, 0.15) is 5.82 Å². The van der Waals surface area contributed by atoms with E-state index in [2.05, 4.69) is 15.6 Å². The molecule has 0 bridgehead atoms. The van der Waals surface area contributed by atoms with Crippen molar-refractivity contribution in [3.63, 3.8) is 0 Å². The SMILES string of the molecule is CN(CC(=O)Nc1cccc(Cl)c1)CC(=O)Nc1nc(-c2ccc(F)cc2)cs1. The van der Waals surface area contributed by atoms with Gasteiger partial charge in [0.15, 0.2) is 5.13 Å². The molecule has 3 aromatic rings. The van der Waals surface area contributed by atoms with E-state index in [1.807, 2.05) is 0 Å². The van der Waals surface area contributed by atoms with Gasteiger partial charge in [0.25, 0.3) is 0 Å². The summed E-state index contributed by atoms with van der Waals surface area (Å²) in [6.07, 6.45) is 0. The van der Waals surface area contributed by atoms with Gasteiger partial charge in [-0.3, -0.25) is 14.5 Å². The summed E-state index contributed by atoms with van der Waals surface area (Å²) in [6.45, 7) is 0.0626. The fraction of sp³-hybridized carbons (Fsp3) is 0.150. The van der Waals surface area contributed by atoms with Crippen LogP contribution in [0.25, 0.3) is 11.3 Å². The van der Waals surface area contributed by atoms with Crippen LogP contribution in [0, 0.1) is 5.82 Å². The number of thiazole rings is 1. The van der Waals surface area contributed by atoms with Crippen molar-refractivity contribution in [2.45, 2.75) is 0 Å². The third-order valence-corrected chi connectivity index (χ3v) is 4.82. The van der Waals surface area contributed by atoms with Crippen LogP contribution in [-0.2, 0) is 9.59 Å². The number of hydrogen-bond donors (Lipinski definition) is 2. The Labute approximate surface area is 176 Å². The lowest BCUT2D eigenvalue weighted by Gasteiger charge is -2.15. The van der Waals surface area contributed by atoms with Gasteiger partial charge in [-0.05, 0) is 49.5 Å². The minimum absolute atomic E-state index is 0.0222. The Morgan fingerprint density at radius 1 is 1.10 bits per heavy atom. The van der Waals surface area contributed by atoms with Crippen molar-refractivity contribution in [3.8, 4) is 11.3 Å². The molecule has 0 saturated carbocycles. The summed E-state index contributed by atoms with van der Waals surface area (Å²) in [4.78, 5) is 30.2. The van der Waals surface area contributed by atoms with Gasteiger partial charge < -0.3 is 10.6 Å². The molecule has 9 heteroatoms. The van der Waals surface area contributed by atoms with E-state index >= 15 is 0 Å². The summed E-state index contributed by atoms with van der Waals surface area (Å²) in [6, 6.07) is 12.8. The van der Waals surface area contributed by atoms with Crippen LogP contribution in [0.5, 0.6) is 0 Å². The summed E-state index contributed by atoms with van der Waals surface area (Å²) >= 11 is 7.17. The highest BCUT2D eigenvalue weighted by Crippen LogP contribution is 2.25. The largest absolute Gasteiger partial charge is 0.325 e. The van der Waals surface area contributed by atoms with Crippen molar-refractivity contribution < 1.29 is 14.0 Å². The van der Waals surface area contributed by atoms with E-state index in [0.717, 1.165) is 5.56 Å². The van der Waals surface area contributed by atoms with Gasteiger partial charge in [-0.2, -0.15) is 0 Å². The molecule has 2 amide bonds. The molecule has 0 aliphatic rings. The Hall–Kier alpha value is -2.81. The van der Waals surface area contributed by atoms with E-state index in [0.29, 0.717) is 21.5 Å². The highest BCUT2D eigenvalue weighted by atomic mass is 35.5. The zero-order valence-electron chi connectivity index (χ0n) is 15.5. The molecule has 2 aromatic carbocycles. The predicted molar refractivity (Wildman–Crippen MR) is 114 cm³/mol. The molecular weight excluding hydrogens is 415 g/mol. The molecule has 0 saturated heterocycles. The summed E-state index contributed by atoms with van der Waals surface area (Å²) in [5, 5.41) is 8.18. The van der Waals surface area contributed by atoms with E-state index in [1.54, 1.807) is 53.7 Å². The van der Waals surface area contributed by atoms with Crippen molar-refractivity contribution >= 4 is 45.6 Å². The molecule has 3 rings (SSSR count). The molecule has 1 aromatic heterocycles. The second kappa shape index (κ2) is 9.60. The molecule has 0 fully saturated rings. The van der Waals surface area contributed by atoms with Crippen LogP contribution in [0.3, 0.4) is 0 Å². The second-order valence-corrected chi connectivity index (χ2v) is 7.62. The van der Waals surface area contributed by atoms with Gasteiger partial charge in [-0.1, -0.05) is 17.7 Å². The minimum Gasteiger partial charge on any atom is -0.325 e. The fourth-order valence-corrected chi connectivity index (χ4v) is 3.48. The number of anilines is 2. The number of carbonyl (C=O) groups excluding carboxylic acids is 2. The van der Waals surface area contributed by atoms with Crippen LogP contribution >= 0.6 is 22.9 Å². The minimum atomic E-state index is -0.319. The van der Waals surface area contributed by atoms with Gasteiger partial charge in [0, 0.05) is 21.7 Å². The number of halogens is 2. The van der Waals surface area contributed by atoms with Crippen molar-refractivity contribution in [2.24, 2.45) is 0 Å². The summed E-state index contributed by atoms with van der Waals surface area (Å²) < 4.78 is 13.0. The van der Waals surface area contributed by atoms with E-state index in [9.17, 15) is 14.0 Å². The molecule has 29 heavy (non-hydrogen) atoms. The van der Waals surface area contributed by atoms with Gasteiger partial charge in [-0.25, -0.2) is 9.37 Å². The average Bonchev–Trinajstić information content (AvgIpc) is 3.10. The van der Waals surface area contributed by atoms with Crippen LogP contribution in [0.15, 0.2) is 53.9 Å². The van der Waals surface area contributed by atoms with E-state index in [4.69, 9.17) is 11.6 Å². The van der Waals surface area contributed by atoms with E-state index < -0.39 is 0 Å². The maximum atomic E-state index is 13.0. The molecule has 150 valence electrons. The summed E-state index contributed by atoms with van der Waals surface area (Å²) in [7, 11) is 1.67. The highest BCUT2D eigenvalue weighted by molar-refractivity contribution is 7.14. The zero-order valence-corrected chi connectivity index (χ0v) is 17.1. The maximum Gasteiger partial charge on any atom is 0.240 e. The normalized spacial score (nSPS) is 10.8. The second-order valence-electron chi connectivity index (χ2n) is 6.32. The van der Waals surface area contributed by atoms with E-state index in [-0.39, 0.29) is 30.7 Å². The van der Waals surface area contributed by atoms with Gasteiger partial charge >= 0.3 is 0 Å². The molecule has 0 unspecified atom stereocenters. The lowest BCUT2D eigenvalue weighted by Crippen LogP contribution is -2.36. The van der Waals surface area contributed by atoms with E-state index in [1.165, 1.54) is 23.5 Å². The lowest BCUT2D eigenvalue weighted by molar-refractivity contribution is -0.119. The number of benzene rings is 2. The molecule has 0 spiro atoms. The number of hydrogen-bond acceptors (Lipinski definition) is 5. The molecule has 6 nitrogen and oxygen atoms in total. The molecule has 0 atom stereocenters. The summed E-state index contributed by atoms with van der Waals surface area (Å²) in [5.74, 6) is -0.863. The molecule has 0 aliphatic carbocycles. The van der Waals surface area contributed by atoms with Crippen molar-refractivity contribution in [1.29, 1.82) is 0 Å². The lowest BCUT2D eigenvalue weighted by atomic mass is 10.2. The Balaban J connectivity index is 1.48. The zero-order chi connectivity index (χ0) is 20.8. The van der Waals surface area contributed by atoms with Gasteiger partial charge in [-0.15, -0.1) is 11.3 Å². The Bertz CT molecular complexity index is 1010. The number of nitrogens with one attached hydrogen (secondary N) is 2. The predicted octanol–water partition coefficient (Wildman–Crippen LogP) is 4.11. The molecular formula is C20H18ClFN4O2S. The third-order valence-electron chi connectivity index (χ3n) is 3.83. The average molecular weight is 433 g/mol. The van der Waals surface area contributed by atoms with Crippen LogP contribution in [0.1, 0.15) is 0 Å². The number of amides is 2. The smallest absolute Gasteiger partial charge is 0.240 e. The van der Waals surface area contributed by atoms with Crippen LogP contribution in [0.2, 0.25) is 5.02 Å². The van der Waals surface area contributed by atoms with Gasteiger partial charge in [0.05, 0.1) is 18.8 Å². The monoisotopic (exact) mass is 432 g/mol.